The van der Waals surface area contributed by atoms with E-state index in [2.05, 4.69) is 10.3 Å². The minimum atomic E-state index is -0.634. The van der Waals surface area contributed by atoms with Gasteiger partial charge in [0.15, 0.2) is 6.61 Å². The van der Waals surface area contributed by atoms with Gasteiger partial charge in [-0.15, -0.1) is 0 Å². The fraction of sp³-hybridized carbons (Fsp3) is 0.143. The van der Waals surface area contributed by atoms with Gasteiger partial charge in [0.1, 0.15) is 0 Å². The zero-order valence-corrected chi connectivity index (χ0v) is 7.47. The molecule has 0 aliphatic heterocycles. The highest BCUT2D eigenvalue weighted by Gasteiger charge is 2.05. The average Bonchev–Trinajstić information content (AvgIpc) is 2.55. The van der Waals surface area contributed by atoms with Gasteiger partial charge in [0.25, 0.3) is 5.91 Å². The summed E-state index contributed by atoms with van der Waals surface area (Å²) in [5.41, 5.74) is 7.36. The molecule has 2 amide bonds. The zero-order chi connectivity index (χ0) is 9.68. The van der Waals surface area contributed by atoms with Crippen molar-refractivity contribution in [2.24, 2.45) is 5.73 Å². The van der Waals surface area contributed by atoms with Gasteiger partial charge < -0.3 is 5.73 Å². The number of thiophene rings is 1. The van der Waals surface area contributed by atoms with Crippen LogP contribution in [0.2, 0.25) is 0 Å². The van der Waals surface area contributed by atoms with Crippen LogP contribution in [0.4, 0.5) is 0 Å². The van der Waals surface area contributed by atoms with Crippen molar-refractivity contribution >= 4 is 23.2 Å². The van der Waals surface area contributed by atoms with E-state index in [-0.39, 0.29) is 12.5 Å². The van der Waals surface area contributed by atoms with Crippen LogP contribution in [-0.2, 0) is 9.63 Å². The van der Waals surface area contributed by atoms with Crippen molar-refractivity contribution in [1.29, 1.82) is 0 Å². The molecule has 1 rings (SSSR count). The lowest BCUT2D eigenvalue weighted by Crippen LogP contribution is -2.29. The first kappa shape index (κ1) is 9.69. The van der Waals surface area contributed by atoms with Gasteiger partial charge in [-0.2, -0.15) is 11.3 Å². The lowest BCUT2D eigenvalue weighted by Gasteiger charge is -2.01. The summed E-state index contributed by atoms with van der Waals surface area (Å²) in [7, 11) is 0. The number of carbonyl (C=O) groups is 2. The largest absolute Gasteiger partial charge is 0.368 e. The Bertz CT molecular complexity index is 297. The maximum absolute atomic E-state index is 11.1. The first-order chi connectivity index (χ1) is 6.20. The Morgan fingerprint density at radius 3 is 2.92 bits per heavy atom. The van der Waals surface area contributed by atoms with Gasteiger partial charge in [0.05, 0.1) is 5.56 Å². The van der Waals surface area contributed by atoms with Crippen molar-refractivity contribution < 1.29 is 14.4 Å². The second kappa shape index (κ2) is 4.58. The number of hydroxylamine groups is 1. The standard InChI is InChI=1S/C7H8N2O3S/c8-6(10)3-12-9-7(11)5-1-2-13-4-5/h1-2,4H,3H2,(H2,8,10)(H,9,11). The SMILES string of the molecule is NC(=O)CONC(=O)c1ccsc1. The molecule has 0 spiro atoms. The van der Waals surface area contributed by atoms with Crippen LogP contribution in [0.25, 0.3) is 0 Å². The number of nitrogens with two attached hydrogens (primary N) is 1. The Balaban J connectivity index is 2.31. The summed E-state index contributed by atoms with van der Waals surface area (Å²) in [5, 5.41) is 3.44. The third-order valence-electron chi connectivity index (χ3n) is 1.16. The second-order valence-electron chi connectivity index (χ2n) is 2.20. The Morgan fingerprint density at radius 2 is 2.38 bits per heavy atom. The topological polar surface area (TPSA) is 81.4 Å². The molecule has 70 valence electrons. The molecule has 0 radical (unpaired) electrons. The van der Waals surface area contributed by atoms with Gasteiger partial charge in [-0.05, 0) is 11.4 Å². The van der Waals surface area contributed by atoms with Crippen LogP contribution in [0.1, 0.15) is 10.4 Å². The average molecular weight is 200 g/mol. The van der Waals surface area contributed by atoms with E-state index >= 15 is 0 Å². The number of rotatable bonds is 4. The van der Waals surface area contributed by atoms with Crippen LogP contribution in [0.3, 0.4) is 0 Å². The predicted molar refractivity (Wildman–Crippen MR) is 46.9 cm³/mol. The summed E-state index contributed by atoms with van der Waals surface area (Å²) in [6.07, 6.45) is 0. The molecule has 13 heavy (non-hydrogen) atoms. The van der Waals surface area contributed by atoms with E-state index in [0.29, 0.717) is 5.56 Å². The number of amides is 2. The summed E-state index contributed by atoms with van der Waals surface area (Å²) < 4.78 is 0. The van der Waals surface area contributed by atoms with Crippen molar-refractivity contribution in [2.45, 2.75) is 0 Å². The third kappa shape index (κ3) is 3.22. The number of nitrogens with one attached hydrogen (secondary N) is 1. The normalized spacial score (nSPS) is 9.54. The first-order valence-corrected chi connectivity index (χ1v) is 4.37. The minimum absolute atomic E-state index is 0.324. The minimum Gasteiger partial charge on any atom is -0.368 e. The van der Waals surface area contributed by atoms with E-state index in [1.165, 1.54) is 11.3 Å². The smallest absolute Gasteiger partial charge is 0.275 e. The first-order valence-electron chi connectivity index (χ1n) is 3.43. The molecule has 0 aromatic carbocycles. The molecular formula is C7H8N2O3S. The van der Waals surface area contributed by atoms with Crippen molar-refractivity contribution in [1.82, 2.24) is 5.48 Å². The fourth-order valence-electron chi connectivity index (χ4n) is 0.625. The molecule has 0 aliphatic rings. The maximum Gasteiger partial charge on any atom is 0.275 e. The lowest BCUT2D eigenvalue weighted by molar-refractivity contribution is -0.124. The van der Waals surface area contributed by atoms with E-state index in [4.69, 9.17) is 5.73 Å². The Morgan fingerprint density at radius 1 is 1.62 bits per heavy atom. The molecule has 0 saturated heterocycles. The number of hydrogen-bond acceptors (Lipinski definition) is 4. The Hall–Kier alpha value is -1.40. The van der Waals surface area contributed by atoms with E-state index in [9.17, 15) is 9.59 Å². The number of hydrogen-bond donors (Lipinski definition) is 2. The molecule has 1 aromatic rings. The Kier molecular flexibility index (Phi) is 3.41. The summed E-state index contributed by atoms with van der Waals surface area (Å²) >= 11 is 1.40. The van der Waals surface area contributed by atoms with Gasteiger partial charge in [0, 0.05) is 5.38 Å². The fourth-order valence-corrected chi connectivity index (χ4v) is 1.26. The van der Waals surface area contributed by atoms with Crippen LogP contribution in [-0.4, -0.2) is 18.4 Å². The highest BCUT2D eigenvalue weighted by molar-refractivity contribution is 7.08. The molecule has 0 fully saturated rings. The molecule has 0 atom stereocenters. The lowest BCUT2D eigenvalue weighted by atomic mass is 10.3. The van der Waals surface area contributed by atoms with Crippen molar-refractivity contribution in [3.05, 3.63) is 22.4 Å². The molecule has 1 aromatic heterocycles. The summed E-state index contributed by atoms with van der Waals surface area (Å²) in [4.78, 5) is 25.8. The maximum atomic E-state index is 11.1. The van der Waals surface area contributed by atoms with Crippen LogP contribution >= 0.6 is 11.3 Å². The zero-order valence-electron chi connectivity index (χ0n) is 6.65. The van der Waals surface area contributed by atoms with E-state index in [1.807, 2.05) is 0 Å². The van der Waals surface area contributed by atoms with E-state index in [1.54, 1.807) is 16.8 Å². The molecule has 0 saturated carbocycles. The third-order valence-corrected chi connectivity index (χ3v) is 1.85. The van der Waals surface area contributed by atoms with Crippen LogP contribution in [0.5, 0.6) is 0 Å². The van der Waals surface area contributed by atoms with Gasteiger partial charge in [-0.25, -0.2) is 5.48 Å². The summed E-state index contributed by atoms with van der Waals surface area (Å²) in [6, 6.07) is 1.65. The van der Waals surface area contributed by atoms with Crippen LogP contribution in [0, 0.1) is 0 Å². The quantitative estimate of drug-likeness (QED) is 0.665. The van der Waals surface area contributed by atoms with Crippen LogP contribution < -0.4 is 11.2 Å². The molecule has 0 unspecified atom stereocenters. The highest BCUT2D eigenvalue weighted by atomic mass is 32.1. The monoisotopic (exact) mass is 200 g/mol. The molecule has 6 heteroatoms. The summed E-state index contributed by atoms with van der Waals surface area (Å²) in [6.45, 7) is -0.324. The van der Waals surface area contributed by atoms with Crippen molar-refractivity contribution in [2.75, 3.05) is 6.61 Å². The molecular weight excluding hydrogens is 192 g/mol. The van der Waals surface area contributed by atoms with Crippen LogP contribution in [0.15, 0.2) is 16.8 Å². The predicted octanol–water partition coefficient (Wildman–Crippen LogP) is -0.105. The molecule has 5 nitrogen and oxygen atoms in total. The van der Waals surface area contributed by atoms with Gasteiger partial charge >= 0.3 is 0 Å². The van der Waals surface area contributed by atoms with E-state index < -0.39 is 5.91 Å². The number of primary amides is 1. The number of carbonyl (C=O) groups excluding carboxylic acids is 2. The molecule has 0 aliphatic carbocycles. The molecule has 3 N–H and O–H groups in total. The van der Waals surface area contributed by atoms with E-state index in [0.717, 1.165) is 0 Å². The molecule has 1 heterocycles. The second-order valence-corrected chi connectivity index (χ2v) is 2.98. The highest BCUT2D eigenvalue weighted by Crippen LogP contribution is 2.04. The van der Waals surface area contributed by atoms with Gasteiger partial charge in [-0.3, -0.25) is 14.4 Å². The van der Waals surface area contributed by atoms with Gasteiger partial charge in [0.2, 0.25) is 5.91 Å². The molecule has 0 bridgehead atoms. The van der Waals surface area contributed by atoms with Gasteiger partial charge in [-0.1, -0.05) is 0 Å². The Labute approximate surface area is 78.4 Å². The van der Waals surface area contributed by atoms with Crippen molar-refractivity contribution in [3.8, 4) is 0 Å². The summed E-state index contributed by atoms with van der Waals surface area (Å²) in [5.74, 6) is -1.02. The van der Waals surface area contributed by atoms with Crippen molar-refractivity contribution in [3.63, 3.8) is 0 Å².